The second kappa shape index (κ2) is 7.40. The number of aromatic nitrogens is 5. The van der Waals surface area contributed by atoms with Crippen molar-refractivity contribution in [3.05, 3.63) is 24.5 Å². The highest BCUT2D eigenvalue weighted by molar-refractivity contribution is 7.99. The third kappa shape index (κ3) is 4.19. The van der Waals surface area contributed by atoms with Crippen molar-refractivity contribution in [2.24, 2.45) is 7.05 Å². The summed E-state index contributed by atoms with van der Waals surface area (Å²) in [6, 6.07) is 3.75. The topological polar surface area (TPSA) is 86.0 Å². The number of tetrazole rings is 1. The average molecular weight is 334 g/mol. The summed E-state index contributed by atoms with van der Waals surface area (Å²) in [7, 11) is 1.76. The first-order valence-electron chi connectivity index (χ1n) is 7.42. The van der Waals surface area contributed by atoms with Gasteiger partial charge in [-0.2, -0.15) is 0 Å². The number of pyridine rings is 1. The van der Waals surface area contributed by atoms with Crippen molar-refractivity contribution >= 4 is 17.7 Å². The molecule has 1 fully saturated rings. The van der Waals surface area contributed by atoms with Gasteiger partial charge in [-0.1, -0.05) is 11.8 Å². The zero-order valence-electron chi connectivity index (χ0n) is 12.8. The Hall–Kier alpha value is -2.16. The fourth-order valence-electron chi connectivity index (χ4n) is 2.39. The Kier molecular flexibility index (Phi) is 5.06. The van der Waals surface area contributed by atoms with Crippen molar-refractivity contribution in [1.82, 2.24) is 30.1 Å². The lowest BCUT2D eigenvalue weighted by Crippen LogP contribution is -2.42. The van der Waals surface area contributed by atoms with Gasteiger partial charge in [0, 0.05) is 39.2 Å². The highest BCUT2D eigenvalue weighted by Gasteiger charge is 2.24. The highest BCUT2D eigenvalue weighted by atomic mass is 32.2. The molecule has 1 aliphatic heterocycles. The minimum atomic E-state index is 0.109. The number of carbonyl (C=O) groups is 1. The molecule has 2 aromatic heterocycles. The molecule has 3 rings (SSSR count). The van der Waals surface area contributed by atoms with Gasteiger partial charge in [0.15, 0.2) is 0 Å². The summed E-state index contributed by atoms with van der Waals surface area (Å²) >= 11 is 1.36. The average Bonchev–Trinajstić information content (AvgIpc) is 2.99. The highest BCUT2D eigenvalue weighted by Crippen LogP contribution is 2.19. The Labute approximate surface area is 138 Å². The first kappa shape index (κ1) is 15.7. The van der Waals surface area contributed by atoms with E-state index >= 15 is 0 Å². The molecule has 9 heteroatoms. The van der Waals surface area contributed by atoms with Crippen LogP contribution in [0, 0.1) is 0 Å². The van der Waals surface area contributed by atoms with E-state index in [0.29, 0.717) is 24.0 Å². The van der Waals surface area contributed by atoms with Crippen molar-refractivity contribution in [2.75, 3.05) is 18.8 Å². The van der Waals surface area contributed by atoms with Crippen LogP contribution in [0.15, 0.2) is 29.7 Å². The number of amides is 1. The summed E-state index contributed by atoms with van der Waals surface area (Å²) in [5, 5.41) is 11.8. The Bertz CT molecular complexity index is 642. The number of hydrogen-bond donors (Lipinski definition) is 0. The summed E-state index contributed by atoms with van der Waals surface area (Å²) in [6.45, 7) is 1.42. The molecular weight excluding hydrogens is 316 g/mol. The van der Waals surface area contributed by atoms with Crippen LogP contribution in [0.2, 0.25) is 0 Å². The fourth-order valence-corrected chi connectivity index (χ4v) is 3.15. The van der Waals surface area contributed by atoms with Gasteiger partial charge in [-0.25, -0.2) is 4.68 Å². The summed E-state index contributed by atoms with van der Waals surface area (Å²) in [5.74, 6) is 1.24. The van der Waals surface area contributed by atoms with E-state index in [1.54, 1.807) is 24.1 Å². The van der Waals surface area contributed by atoms with E-state index in [9.17, 15) is 4.79 Å². The molecule has 1 saturated heterocycles. The van der Waals surface area contributed by atoms with Crippen LogP contribution in [0.3, 0.4) is 0 Å². The minimum Gasteiger partial charge on any atom is -0.489 e. The molecule has 0 radical (unpaired) electrons. The van der Waals surface area contributed by atoms with Gasteiger partial charge < -0.3 is 9.64 Å². The van der Waals surface area contributed by atoms with Crippen LogP contribution in [0.1, 0.15) is 12.8 Å². The summed E-state index contributed by atoms with van der Waals surface area (Å²) in [5.41, 5.74) is 0. The zero-order valence-corrected chi connectivity index (χ0v) is 13.6. The van der Waals surface area contributed by atoms with E-state index in [2.05, 4.69) is 20.5 Å². The molecule has 0 atom stereocenters. The van der Waals surface area contributed by atoms with Gasteiger partial charge in [-0.05, 0) is 22.6 Å². The standard InChI is InChI=1S/C14H18N6O2S/c1-19-14(16-17-18-19)23-10-13(21)20-7-4-11(5-8-20)22-12-3-2-6-15-9-12/h2-3,6,9,11H,4-5,7-8,10H2,1H3. The van der Waals surface area contributed by atoms with Crippen molar-refractivity contribution in [3.8, 4) is 5.75 Å². The molecule has 3 heterocycles. The number of thioether (sulfide) groups is 1. The predicted octanol–water partition coefficient (Wildman–Crippen LogP) is 0.767. The summed E-state index contributed by atoms with van der Waals surface area (Å²) in [4.78, 5) is 18.2. The van der Waals surface area contributed by atoms with E-state index in [4.69, 9.17) is 4.74 Å². The smallest absolute Gasteiger partial charge is 0.233 e. The summed E-state index contributed by atoms with van der Waals surface area (Å²) in [6.07, 6.45) is 5.23. The molecule has 0 bridgehead atoms. The fraction of sp³-hybridized carbons (Fsp3) is 0.500. The van der Waals surface area contributed by atoms with Gasteiger partial charge in [0.05, 0.1) is 11.9 Å². The molecular formula is C14H18N6O2S. The van der Waals surface area contributed by atoms with E-state index in [1.807, 2.05) is 17.0 Å². The number of carbonyl (C=O) groups excluding carboxylic acids is 1. The Morgan fingerprint density at radius 3 is 2.91 bits per heavy atom. The molecule has 0 spiro atoms. The second-order valence-corrected chi connectivity index (χ2v) is 6.20. The first-order valence-corrected chi connectivity index (χ1v) is 8.40. The third-order valence-corrected chi connectivity index (χ3v) is 4.63. The normalized spacial score (nSPS) is 15.6. The van der Waals surface area contributed by atoms with Gasteiger partial charge in [0.2, 0.25) is 11.1 Å². The lowest BCUT2D eigenvalue weighted by atomic mass is 10.1. The van der Waals surface area contributed by atoms with Crippen molar-refractivity contribution in [1.29, 1.82) is 0 Å². The maximum atomic E-state index is 12.2. The third-order valence-electron chi connectivity index (χ3n) is 3.64. The van der Waals surface area contributed by atoms with Crippen molar-refractivity contribution in [2.45, 2.75) is 24.1 Å². The lowest BCUT2D eigenvalue weighted by Gasteiger charge is -2.32. The number of piperidine rings is 1. The quantitative estimate of drug-likeness (QED) is 0.746. The number of ether oxygens (including phenoxy) is 1. The van der Waals surface area contributed by atoms with Crippen LogP contribution in [-0.4, -0.2) is 60.9 Å². The molecule has 122 valence electrons. The number of hydrogen-bond acceptors (Lipinski definition) is 7. The van der Waals surface area contributed by atoms with Gasteiger partial charge in [0.1, 0.15) is 11.9 Å². The van der Waals surface area contributed by atoms with Crippen molar-refractivity contribution in [3.63, 3.8) is 0 Å². The van der Waals surface area contributed by atoms with E-state index in [0.717, 1.165) is 18.6 Å². The molecule has 0 aliphatic carbocycles. The summed E-state index contributed by atoms with van der Waals surface area (Å²) < 4.78 is 7.44. The Balaban J connectivity index is 1.43. The SMILES string of the molecule is Cn1nnnc1SCC(=O)N1CCC(Oc2cccnc2)CC1. The molecule has 23 heavy (non-hydrogen) atoms. The molecule has 2 aromatic rings. The Morgan fingerprint density at radius 1 is 1.43 bits per heavy atom. The van der Waals surface area contributed by atoms with Gasteiger partial charge in [-0.15, -0.1) is 5.10 Å². The van der Waals surface area contributed by atoms with Crippen LogP contribution in [-0.2, 0) is 11.8 Å². The number of rotatable bonds is 5. The van der Waals surface area contributed by atoms with Crippen molar-refractivity contribution < 1.29 is 9.53 Å². The van der Waals surface area contributed by atoms with E-state index in [1.165, 1.54) is 11.8 Å². The van der Waals surface area contributed by atoms with Gasteiger partial charge in [0.25, 0.3) is 0 Å². The Morgan fingerprint density at radius 2 is 2.26 bits per heavy atom. The lowest BCUT2D eigenvalue weighted by molar-refractivity contribution is -0.130. The molecule has 1 aliphatic rings. The van der Waals surface area contributed by atoms with Crippen LogP contribution < -0.4 is 4.74 Å². The van der Waals surface area contributed by atoms with Crippen LogP contribution in [0.5, 0.6) is 5.75 Å². The minimum absolute atomic E-state index is 0.109. The number of nitrogens with zero attached hydrogens (tertiary/aromatic N) is 6. The molecule has 0 aromatic carbocycles. The van der Waals surface area contributed by atoms with Gasteiger partial charge in [-0.3, -0.25) is 9.78 Å². The molecule has 8 nitrogen and oxygen atoms in total. The monoisotopic (exact) mass is 334 g/mol. The van der Waals surface area contributed by atoms with Crippen LogP contribution in [0.25, 0.3) is 0 Å². The zero-order chi connectivity index (χ0) is 16.1. The van der Waals surface area contributed by atoms with Crippen LogP contribution in [0.4, 0.5) is 0 Å². The largest absolute Gasteiger partial charge is 0.489 e. The molecule has 0 N–H and O–H groups in total. The molecule has 0 unspecified atom stereocenters. The van der Waals surface area contributed by atoms with E-state index < -0.39 is 0 Å². The number of aryl methyl sites for hydroxylation is 1. The van der Waals surface area contributed by atoms with E-state index in [-0.39, 0.29) is 12.0 Å². The molecule has 1 amide bonds. The maximum Gasteiger partial charge on any atom is 0.233 e. The van der Waals surface area contributed by atoms with Gasteiger partial charge >= 0.3 is 0 Å². The second-order valence-electron chi connectivity index (χ2n) is 5.26. The number of likely N-dealkylation sites (tertiary alicyclic amines) is 1. The predicted molar refractivity (Wildman–Crippen MR) is 84.0 cm³/mol. The van der Waals surface area contributed by atoms with Crippen LogP contribution >= 0.6 is 11.8 Å². The maximum absolute atomic E-state index is 12.2. The first-order chi connectivity index (χ1) is 11.2. The molecule has 0 saturated carbocycles.